The monoisotopic (exact) mass is 471 g/mol. The zero-order chi connectivity index (χ0) is 20.8. The maximum Gasteiger partial charge on any atom is 0.328 e. The lowest BCUT2D eigenvalue weighted by Crippen LogP contribution is -2.19. The minimum absolute atomic E-state index is 0.140. The Hall–Kier alpha value is -1.42. The van der Waals surface area contributed by atoms with Crippen molar-refractivity contribution in [3.05, 3.63) is 39.1 Å². The van der Waals surface area contributed by atoms with E-state index in [-0.39, 0.29) is 9.90 Å². The first-order valence-corrected chi connectivity index (χ1v) is 13.0. The standard InChI is InChI=1S/C19H22ClN3O3S3/c1-22-14-10-13(21-29(25,26)18-9-8-17(20)28-18)16(11-15(14)23(2)19(22)24)27-12-6-4-3-5-7-12/h8-12,21H,3-7H2,1-2H3. The molecule has 29 heavy (non-hydrogen) atoms. The van der Waals surface area contributed by atoms with Crippen LogP contribution in [0.5, 0.6) is 0 Å². The van der Waals surface area contributed by atoms with Crippen molar-refractivity contribution in [3.8, 4) is 0 Å². The summed E-state index contributed by atoms with van der Waals surface area (Å²) in [5.41, 5.74) is 1.84. The maximum absolute atomic E-state index is 12.9. The molecule has 1 N–H and O–H groups in total. The van der Waals surface area contributed by atoms with E-state index < -0.39 is 10.0 Å². The molecule has 0 radical (unpaired) electrons. The summed E-state index contributed by atoms with van der Waals surface area (Å²) in [5.74, 6) is 0. The number of sulfonamides is 1. The van der Waals surface area contributed by atoms with Crippen LogP contribution in [0.15, 0.2) is 38.2 Å². The Morgan fingerprint density at radius 2 is 1.76 bits per heavy atom. The quantitative estimate of drug-likeness (QED) is 0.579. The van der Waals surface area contributed by atoms with Gasteiger partial charge < -0.3 is 0 Å². The molecule has 0 bridgehead atoms. The van der Waals surface area contributed by atoms with Crippen molar-refractivity contribution in [2.75, 3.05) is 4.72 Å². The number of aromatic nitrogens is 2. The molecule has 156 valence electrons. The summed E-state index contributed by atoms with van der Waals surface area (Å²) < 4.78 is 32.3. The zero-order valence-corrected chi connectivity index (χ0v) is 19.3. The fourth-order valence-electron chi connectivity index (χ4n) is 3.70. The lowest BCUT2D eigenvalue weighted by atomic mass is 10.0. The third-order valence-electron chi connectivity index (χ3n) is 5.28. The minimum atomic E-state index is -3.76. The summed E-state index contributed by atoms with van der Waals surface area (Å²) in [6.45, 7) is 0. The third-order valence-corrected chi connectivity index (χ3v) is 9.76. The molecule has 4 rings (SSSR count). The van der Waals surface area contributed by atoms with Crippen LogP contribution in [0.2, 0.25) is 4.34 Å². The molecule has 10 heteroatoms. The van der Waals surface area contributed by atoms with Gasteiger partial charge in [-0.2, -0.15) is 0 Å². The van der Waals surface area contributed by atoms with Crippen LogP contribution in [0.3, 0.4) is 0 Å². The van der Waals surface area contributed by atoms with E-state index in [4.69, 9.17) is 11.6 Å². The molecule has 1 fully saturated rings. The number of hydrogen-bond acceptors (Lipinski definition) is 5. The van der Waals surface area contributed by atoms with Crippen molar-refractivity contribution < 1.29 is 8.42 Å². The van der Waals surface area contributed by atoms with E-state index in [1.807, 2.05) is 6.07 Å². The zero-order valence-electron chi connectivity index (χ0n) is 16.1. The number of nitrogens with zero attached hydrogens (tertiary/aromatic N) is 2. The van der Waals surface area contributed by atoms with Crippen LogP contribution >= 0.6 is 34.7 Å². The number of hydrogen-bond donors (Lipinski definition) is 1. The predicted octanol–water partition coefficient (Wildman–Crippen LogP) is 4.82. The van der Waals surface area contributed by atoms with Crippen molar-refractivity contribution in [3.63, 3.8) is 0 Å². The largest absolute Gasteiger partial charge is 0.328 e. The van der Waals surface area contributed by atoms with Crippen molar-refractivity contribution >= 4 is 61.4 Å². The van der Waals surface area contributed by atoms with E-state index in [0.717, 1.165) is 34.6 Å². The van der Waals surface area contributed by atoms with Crippen LogP contribution in [0.25, 0.3) is 11.0 Å². The van der Waals surface area contributed by atoms with Crippen molar-refractivity contribution in [2.24, 2.45) is 14.1 Å². The van der Waals surface area contributed by atoms with Gasteiger partial charge in [0.2, 0.25) is 0 Å². The highest BCUT2D eigenvalue weighted by atomic mass is 35.5. The van der Waals surface area contributed by atoms with Gasteiger partial charge in [-0.3, -0.25) is 13.9 Å². The number of thioether (sulfide) groups is 1. The average Bonchev–Trinajstić information content (AvgIpc) is 3.22. The number of benzene rings is 1. The second-order valence-electron chi connectivity index (χ2n) is 7.28. The summed E-state index contributed by atoms with van der Waals surface area (Å²) in [5, 5.41) is 0.446. The smallest absolute Gasteiger partial charge is 0.295 e. The van der Waals surface area contributed by atoms with E-state index in [1.165, 1.54) is 29.9 Å². The predicted molar refractivity (Wildman–Crippen MR) is 121 cm³/mol. The Kier molecular flexibility index (Phi) is 5.76. The van der Waals surface area contributed by atoms with Gasteiger partial charge in [0.1, 0.15) is 4.21 Å². The van der Waals surface area contributed by atoms with Gasteiger partial charge in [-0.15, -0.1) is 23.1 Å². The van der Waals surface area contributed by atoms with E-state index >= 15 is 0 Å². The lowest BCUT2D eigenvalue weighted by Gasteiger charge is -2.22. The van der Waals surface area contributed by atoms with Gasteiger partial charge in [0.25, 0.3) is 10.0 Å². The highest BCUT2D eigenvalue weighted by Gasteiger charge is 2.23. The number of rotatable bonds is 5. The van der Waals surface area contributed by atoms with Gasteiger partial charge in [0.05, 0.1) is 21.1 Å². The lowest BCUT2D eigenvalue weighted by molar-refractivity contribution is 0.516. The Morgan fingerprint density at radius 1 is 1.10 bits per heavy atom. The fourth-order valence-corrected chi connectivity index (χ4v) is 7.67. The highest BCUT2D eigenvalue weighted by molar-refractivity contribution is 8.00. The molecular formula is C19H22ClN3O3S3. The average molecular weight is 472 g/mol. The molecule has 1 saturated carbocycles. The molecule has 0 unspecified atom stereocenters. The number of imidazole rings is 1. The Balaban J connectivity index is 1.80. The second-order valence-corrected chi connectivity index (χ2v) is 12.2. The summed E-state index contributed by atoms with van der Waals surface area (Å²) >= 11 is 8.64. The van der Waals surface area contributed by atoms with Crippen LogP contribution in [0.4, 0.5) is 5.69 Å². The van der Waals surface area contributed by atoms with Gasteiger partial charge in [-0.25, -0.2) is 13.2 Å². The molecule has 0 amide bonds. The number of thiophene rings is 1. The maximum atomic E-state index is 12.9. The van der Waals surface area contributed by atoms with Crippen LogP contribution in [-0.4, -0.2) is 22.8 Å². The first-order valence-electron chi connectivity index (χ1n) is 9.40. The topological polar surface area (TPSA) is 73.1 Å². The summed E-state index contributed by atoms with van der Waals surface area (Å²) in [4.78, 5) is 13.2. The highest BCUT2D eigenvalue weighted by Crippen LogP contribution is 2.40. The Labute approximate surface area is 182 Å². The molecule has 1 aromatic carbocycles. The van der Waals surface area contributed by atoms with E-state index in [0.29, 0.717) is 20.8 Å². The second kappa shape index (κ2) is 8.02. The Bertz CT molecular complexity index is 1220. The van der Waals surface area contributed by atoms with Gasteiger partial charge in [-0.1, -0.05) is 30.9 Å². The molecule has 0 spiro atoms. The third kappa shape index (κ3) is 4.10. The Morgan fingerprint density at radius 3 is 2.38 bits per heavy atom. The van der Waals surface area contributed by atoms with E-state index in [2.05, 4.69) is 4.72 Å². The molecule has 6 nitrogen and oxygen atoms in total. The SMILES string of the molecule is Cn1c(=O)n(C)c2cc(SC3CCCCC3)c(NS(=O)(=O)c3ccc(Cl)s3)cc21. The molecule has 2 aromatic heterocycles. The van der Waals surface area contributed by atoms with Crippen LogP contribution in [0, 0.1) is 0 Å². The summed E-state index contributed by atoms with van der Waals surface area (Å²) in [7, 11) is -0.340. The molecule has 0 atom stereocenters. The van der Waals surface area contributed by atoms with Crippen LogP contribution < -0.4 is 10.4 Å². The minimum Gasteiger partial charge on any atom is -0.295 e. The van der Waals surface area contributed by atoms with Crippen LogP contribution in [-0.2, 0) is 24.1 Å². The number of nitrogens with one attached hydrogen (secondary N) is 1. The first-order chi connectivity index (χ1) is 13.8. The molecule has 1 aliphatic rings. The molecular weight excluding hydrogens is 450 g/mol. The number of fused-ring (bicyclic) bond motifs is 1. The molecule has 0 aliphatic heterocycles. The number of anilines is 1. The number of aryl methyl sites for hydroxylation is 2. The van der Waals surface area contributed by atoms with Gasteiger partial charge in [-0.05, 0) is 37.1 Å². The molecule has 1 aliphatic carbocycles. The summed E-state index contributed by atoms with van der Waals surface area (Å²) in [6, 6.07) is 6.76. The first kappa shape index (κ1) is 20.8. The van der Waals surface area contributed by atoms with Crippen molar-refractivity contribution in [2.45, 2.75) is 46.5 Å². The van der Waals surface area contributed by atoms with E-state index in [1.54, 1.807) is 42.6 Å². The molecule has 3 aromatic rings. The van der Waals surface area contributed by atoms with Crippen molar-refractivity contribution in [1.82, 2.24) is 9.13 Å². The van der Waals surface area contributed by atoms with Crippen LogP contribution in [0.1, 0.15) is 32.1 Å². The summed E-state index contributed by atoms with van der Waals surface area (Å²) in [6.07, 6.45) is 5.87. The van der Waals surface area contributed by atoms with Crippen molar-refractivity contribution in [1.29, 1.82) is 0 Å². The van der Waals surface area contributed by atoms with Gasteiger partial charge in [0.15, 0.2) is 0 Å². The van der Waals surface area contributed by atoms with Gasteiger partial charge >= 0.3 is 5.69 Å². The normalized spacial score (nSPS) is 15.8. The van der Waals surface area contributed by atoms with Gasteiger partial charge in [0, 0.05) is 24.2 Å². The number of halogens is 1. The van der Waals surface area contributed by atoms with E-state index in [9.17, 15) is 13.2 Å². The molecule has 2 heterocycles. The molecule has 0 saturated heterocycles. The fraction of sp³-hybridized carbons (Fsp3) is 0.421.